The molecule has 1 aliphatic heterocycles. The third-order valence-electron chi connectivity index (χ3n) is 3.26. The van der Waals surface area contributed by atoms with Gasteiger partial charge in [-0.1, -0.05) is 0 Å². The summed E-state index contributed by atoms with van der Waals surface area (Å²) in [6, 6.07) is 3.48. The Hall–Kier alpha value is -1.38. The fourth-order valence-corrected chi connectivity index (χ4v) is 2.56. The Morgan fingerprint density at radius 3 is 2.71 bits per heavy atom. The van der Waals surface area contributed by atoms with E-state index in [0.29, 0.717) is 5.82 Å². The van der Waals surface area contributed by atoms with E-state index in [1.165, 1.54) is 0 Å². The third-order valence-corrected chi connectivity index (χ3v) is 4.54. The van der Waals surface area contributed by atoms with E-state index in [0.717, 1.165) is 45.1 Å². The summed E-state index contributed by atoms with van der Waals surface area (Å²) in [6.45, 7) is 6.90. The molecule has 1 saturated heterocycles. The predicted molar refractivity (Wildman–Crippen MR) is 83.1 cm³/mol. The first kappa shape index (κ1) is 16.0. The largest absolute Gasteiger partial charge is 0.383 e. The second-order valence-corrected chi connectivity index (χ2v) is 6.83. The molecular formula is C13H22N4O3S. The molecule has 1 aromatic rings. The summed E-state index contributed by atoms with van der Waals surface area (Å²) < 4.78 is 30.5. The van der Waals surface area contributed by atoms with Crippen molar-refractivity contribution in [2.24, 2.45) is 0 Å². The molecule has 1 aromatic heterocycles. The van der Waals surface area contributed by atoms with Crippen LogP contribution in [0.5, 0.6) is 0 Å². The molecule has 0 bridgehead atoms. The SMILES string of the molecule is CCS(=O)(=O)Nc1ccc(NCCN2CCOCC2)cn1. The lowest BCUT2D eigenvalue weighted by Gasteiger charge is -2.26. The molecule has 0 spiro atoms. The minimum atomic E-state index is -3.27. The summed E-state index contributed by atoms with van der Waals surface area (Å²) in [6.07, 6.45) is 1.63. The van der Waals surface area contributed by atoms with Crippen molar-refractivity contribution in [3.8, 4) is 0 Å². The van der Waals surface area contributed by atoms with Gasteiger partial charge >= 0.3 is 0 Å². The standard InChI is InChI=1S/C13H22N4O3S/c1-2-21(18,19)16-13-4-3-12(11-15-13)14-5-6-17-7-9-20-10-8-17/h3-4,11,14H,2,5-10H2,1H3,(H,15,16). The van der Waals surface area contributed by atoms with E-state index < -0.39 is 10.0 Å². The second kappa shape index (κ2) is 7.58. The molecule has 0 atom stereocenters. The Morgan fingerprint density at radius 1 is 1.33 bits per heavy atom. The lowest BCUT2D eigenvalue weighted by Crippen LogP contribution is -2.39. The zero-order valence-electron chi connectivity index (χ0n) is 12.2. The molecule has 2 N–H and O–H groups in total. The first-order valence-electron chi connectivity index (χ1n) is 7.09. The summed E-state index contributed by atoms with van der Waals surface area (Å²) in [5.41, 5.74) is 0.878. The maximum absolute atomic E-state index is 11.4. The highest BCUT2D eigenvalue weighted by Crippen LogP contribution is 2.11. The van der Waals surface area contributed by atoms with E-state index >= 15 is 0 Å². The van der Waals surface area contributed by atoms with Crippen molar-refractivity contribution in [2.75, 3.05) is 55.2 Å². The van der Waals surface area contributed by atoms with Gasteiger partial charge in [0.25, 0.3) is 0 Å². The molecule has 0 saturated carbocycles. The quantitative estimate of drug-likeness (QED) is 0.766. The van der Waals surface area contributed by atoms with Gasteiger partial charge in [0.15, 0.2) is 0 Å². The number of morpholine rings is 1. The lowest BCUT2D eigenvalue weighted by molar-refractivity contribution is 0.0398. The molecule has 0 aromatic carbocycles. The Bertz CT molecular complexity index is 527. The number of rotatable bonds is 7. The molecule has 1 fully saturated rings. The van der Waals surface area contributed by atoms with Crippen molar-refractivity contribution < 1.29 is 13.2 Å². The Kier molecular flexibility index (Phi) is 5.77. The third kappa shape index (κ3) is 5.49. The van der Waals surface area contributed by atoms with Gasteiger partial charge in [0, 0.05) is 26.2 Å². The van der Waals surface area contributed by atoms with Gasteiger partial charge < -0.3 is 10.1 Å². The highest BCUT2D eigenvalue weighted by Gasteiger charge is 2.09. The number of hydrogen-bond donors (Lipinski definition) is 2. The van der Waals surface area contributed by atoms with E-state index in [2.05, 4.69) is 19.9 Å². The van der Waals surface area contributed by atoms with Gasteiger partial charge in [-0.15, -0.1) is 0 Å². The summed E-state index contributed by atoms with van der Waals surface area (Å²) >= 11 is 0. The maximum atomic E-state index is 11.4. The molecule has 2 rings (SSSR count). The Morgan fingerprint density at radius 2 is 2.10 bits per heavy atom. The highest BCUT2D eigenvalue weighted by molar-refractivity contribution is 7.92. The van der Waals surface area contributed by atoms with Crippen LogP contribution < -0.4 is 10.0 Å². The maximum Gasteiger partial charge on any atom is 0.233 e. The Balaban J connectivity index is 1.77. The van der Waals surface area contributed by atoms with E-state index in [1.54, 1.807) is 19.2 Å². The second-order valence-electron chi connectivity index (χ2n) is 4.82. The van der Waals surface area contributed by atoms with E-state index in [9.17, 15) is 8.42 Å². The van der Waals surface area contributed by atoms with Crippen molar-refractivity contribution in [3.05, 3.63) is 18.3 Å². The van der Waals surface area contributed by atoms with Gasteiger partial charge in [-0.3, -0.25) is 9.62 Å². The van der Waals surface area contributed by atoms with Crippen LogP contribution in [0.4, 0.5) is 11.5 Å². The van der Waals surface area contributed by atoms with Crippen molar-refractivity contribution in [3.63, 3.8) is 0 Å². The lowest BCUT2D eigenvalue weighted by atomic mass is 10.3. The minimum Gasteiger partial charge on any atom is -0.383 e. The first-order valence-corrected chi connectivity index (χ1v) is 8.75. The van der Waals surface area contributed by atoms with Gasteiger partial charge in [-0.25, -0.2) is 13.4 Å². The molecule has 7 nitrogen and oxygen atoms in total. The number of sulfonamides is 1. The van der Waals surface area contributed by atoms with Gasteiger partial charge in [0.2, 0.25) is 10.0 Å². The van der Waals surface area contributed by atoms with Crippen LogP contribution in [0.25, 0.3) is 0 Å². The van der Waals surface area contributed by atoms with Crippen LogP contribution in [-0.4, -0.2) is 63.4 Å². The number of aromatic nitrogens is 1. The summed E-state index contributed by atoms with van der Waals surface area (Å²) in [5.74, 6) is 0.379. The number of pyridine rings is 1. The van der Waals surface area contributed by atoms with Crippen molar-refractivity contribution in [1.82, 2.24) is 9.88 Å². The normalized spacial score (nSPS) is 16.6. The van der Waals surface area contributed by atoms with E-state index in [4.69, 9.17) is 4.74 Å². The number of ether oxygens (including phenoxy) is 1. The molecule has 1 aliphatic rings. The van der Waals surface area contributed by atoms with E-state index in [-0.39, 0.29) is 5.75 Å². The van der Waals surface area contributed by atoms with Crippen LogP contribution >= 0.6 is 0 Å². The van der Waals surface area contributed by atoms with Crippen LogP contribution in [0.3, 0.4) is 0 Å². The molecule has 0 aliphatic carbocycles. The highest BCUT2D eigenvalue weighted by atomic mass is 32.2. The van der Waals surface area contributed by atoms with Gasteiger partial charge in [-0.05, 0) is 19.1 Å². The monoisotopic (exact) mass is 314 g/mol. The van der Waals surface area contributed by atoms with Crippen LogP contribution in [0, 0.1) is 0 Å². The fourth-order valence-electron chi connectivity index (χ4n) is 1.97. The first-order chi connectivity index (χ1) is 10.1. The molecule has 8 heteroatoms. The summed E-state index contributed by atoms with van der Waals surface area (Å²) in [5, 5.41) is 3.27. The molecule has 2 heterocycles. The zero-order valence-corrected chi connectivity index (χ0v) is 13.0. The smallest absolute Gasteiger partial charge is 0.233 e. The van der Waals surface area contributed by atoms with Crippen LogP contribution in [-0.2, 0) is 14.8 Å². The molecule has 21 heavy (non-hydrogen) atoms. The van der Waals surface area contributed by atoms with Crippen molar-refractivity contribution in [2.45, 2.75) is 6.92 Å². The van der Waals surface area contributed by atoms with Crippen LogP contribution in [0.1, 0.15) is 6.92 Å². The number of anilines is 2. The summed E-state index contributed by atoms with van der Waals surface area (Å²) in [4.78, 5) is 6.43. The average Bonchev–Trinajstić information content (AvgIpc) is 2.50. The minimum absolute atomic E-state index is 0.0359. The molecular weight excluding hydrogens is 292 g/mol. The zero-order chi connectivity index (χ0) is 15.1. The Labute approximate surface area is 125 Å². The topological polar surface area (TPSA) is 83.6 Å². The molecule has 0 unspecified atom stereocenters. The van der Waals surface area contributed by atoms with Crippen LogP contribution in [0.15, 0.2) is 18.3 Å². The number of hydrogen-bond acceptors (Lipinski definition) is 6. The number of nitrogens with one attached hydrogen (secondary N) is 2. The average molecular weight is 314 g/mol. The van der Waals surface area contributed by atoms with Crippen molar-refractivity contribution >= 4 is 21.5 Å². The van der Waals surface area contributed by atoms with Gasteiger partial charge in [0.1, 0.15) is 5.82 Å². The summed E-state index contributed by atoms with van der Waals surface area (Å²) in [7, 11) is -3.27. The number of nitrogens with zero attached hydrogens (tertiary/aromatic N) is 2. The van der Waals surface area contributed by atoms with E-state index in [1.807, 2.05) is 6.07 Å². The van der Waals surface area contributed by atoms with Gasteiger partial charge in [0.05, 0.1) is 30.9 Å². The van der Waals surface area contributed by atoms with Gasteiger partial charge in [-0.2, -0.15) is 0 Å². The molecule has 0 radical (unpaired) electrons. The molecule has 0 amide bonds. The van der Waals surface area contributed by atoms with Crippen LogP contribution in [0.2, 0.25) is 0 Å². The predicted octanol–water partition coefficient (Wildman–Crippen LogP) is 0.587. The fraction of sp³-hybridized carbons (Fsp3) is 0.615. The van der Waals surface area contributed by atoms with Crippen molar-refractivity contribution in [1.29, 1.82) is 0 Å². The molecule has 118 valence electrons.